The number of para-hydroxylation sites is 2. The summed E-state index contributed by atoms with van der Waals surface area (Å²) in [6.45, 7) is 4.24. The molecule has 10 rings (SSSR count). The summed E-state index contributed by atoms with van der Waals surface area (Å²) >= 11 is 3.61. The molecule has 0 aliphatic rings. The maximum Gasteiger partial charge on any atom is 0.137 e. The molecule has 0 fully saturated rings. The number of ether oxygens (including phenoxy) is 1. The molecule has 0 amide bonds. The Morgan fingerprint density at radius 1 is 0.562 bits per heavy atom. The van der Waals surface area contributed by atoms with E-state index in [1.165, 1.54) is 49.0 Å². The van der Waals surface area contributed by atoms with Crippen LogP contribution in [0.4, 0.5) is 0 Å². The van der Waals surface area contributed by atoms with Crippen LogP contribution >= 0.6 is 15.9 Å². The van der Waals surface area contributed by atoms with E-state index in [1.807, 2.05) is 24.4 Å². The quantitative estimate of drug-likeness (QED) is 0.185. The Balaban J connectivity index is 1.28. The molecule has 0 saturated heterocycles. The molecule has 0 atom stereocenters. The number of pyridine rings is 1. The fourth-order valence-electron chi connectivity index (χ4n) is 7.62. The molecule has 0 aliphatic carbocycles. The van der Waals surface area contributed by atoms with E-state index >= 15 is 0 Å². The molecule has 5 heteroatoms. The molecule has 228 valence electrons. The Morgan fingerprint density at radius 3 is 2.15 bits per heavy atom. The van der Waals surface area contributed by atoms with Gasteiger partial charge in [-0.3, -0.25) is 4.57 Å². The number of benzene rings is 6. The molecule has 10 aromatic rings. The lowest BCUT2D eigenvalue weighted by molar-refractivity contribution is 0.479. The van der Waals surface area contributed by atoms with Gasteiger partial charge in [-0.15, -0.1) is 0 Å². The number of nitrogens with zero attached hydrogens (tertiary/aromatic N) is 3. The van der Waals surface area contributed by atoms with Gasteiger partial charge < -0.3 is 9.14 Å². The van der Waals surface area contributed by atoms with Gasteiger partial charge in [-0.1, -0.05) is 88.7 Å². The zero-order valence-corrected chi connectivity index (χ0v) is 27.9. The highest BCUT2D eigenvalue weighted by atomic mass is 79.9. The maximum atomic E-state index is 6.52. The van der Waals surface area contributed by atoms with Crippen LogP contribution < -0.4 is 4.74 Å². The van der Waals surface area contributed by atoms with Crippen LogP contribution in [0.25, 0.3) is 76.8 Å². The van der Waals surface area contributed by atoms with E-state index in [9.17, 15) is 0 Å². The second-order valence-corrected chi connectivity index (χ2v) is 13.6. The van der Waals surface area contributed by atoms with Crippen molar-refractivity contribution in [1.29, 1.82) is 0 Å². The molecule has 0 N–H and O–H groups in total. The van der Waals surface area contributed by atoms with E-state index in [0.29, 0.717) is 0 Å². The summed E-state index contributed by atoms with van der Waals surface area (Å²) < 4.78 is 12.3. The lowest BCUT2D eigenvalue weighted by Gasteiger charge is -2.13. The van der Waals surface area contributed by atoms with Gasteiger partial charge in [-0.2, -0.15) is 0 Å². The molecular formula is C43H28BrN3O. The molecule has 6 aromatic carbocycles. The molecular weight excluding hydrogens is 654 g/mol. The zero-order valence-electron chi connectivity index (χ0n) is 26.3. The highest BCUT2D eigenvalue weighted by molar-refractivity contribution is 9.10. The first-order valence-corrected chi connectivity index (χ1v) is 16.9. The van der Waals surface area contributed by atoms with E-state index < -0.39 is 0 Å². The van der Waals surface area contributed by atoms with Crippen molar-refractivity contribution in [1.82, 2.24) is 14.0 Å². The minimum atomic E-state index is 0.779. The van der Waals surface area contributed by atoms with Crippen molar-refractivity contribution in [3.63, 3.8) is 0 Å². The average molecular weight is 683 g/mol. The van der Waals surface area contributed by atoms with Gasteiger partial charge in [-0.25, -0.2) is 4.98 Å². The van der Waals surface area contributed by atoms with Gasteiger partial charge in [0.25, 0.3) is 0 Å². The van der Waals surface area contributed by atoms with Crippen LogP contribution in [-0.4, -0.2) is 14.0 Å². The first-order valence-electron chi connectivity index (χ1n) is 16.1. The maximum absolute atomic E-state index is 6.52. The Labute approximate surface area is 284 Å². The normalized spacial score (nSPS) is 12.1. The second kappa shape index (κ2) is 10.2. The average Bonchev–Trinajstić information content (AvgIpc) is 3.73. The summed E-state index contributed by atoms with van der Waals surface area (Å²) in [7, 11) is 0. The number of hydrogen-bond acceptors (Lipinski definition) is 2. The summed E-state index contributed by atoms with van der Waals surface area (Å²) in [5.74, 6) is 2.48. The molecule has 4 nitrogen and oxygen atoms in total. The SMILES string of the molecule is Cc1ccc(Br)cc1Oc1ccc2c3cc4c5cccc6c7ccccc7n(c4cc3n(-c3cc(C)c(-c4ccccc4)cn3)c2c1)c65. The van der Waals surface area contributed by atoms with Crippen molar-refractivity contribution in [2.45, 2.75) is 13.8 Å². The third kappa shape index (κ3) is 3.91. The number of rotatable bonds is 4. The number of aryl methyl sites for hydroxylation is 2. The van der Waals surface area contributed by atoms with E-state index in [-0.39, 0.29) is 0 Å². The first-order chi connectivity index (χ1) is 23.5. The van der Waals surface area contributed by atoms with Crippen LogP contribution in [0.5, 0.6) is 11.5 Å². The number of halogens is 1. The largest absolute Gasteiger partial charge is 0.457 e. The van der Waals surface area contributed by atoms with Gasteiger partial charge in [0.05, 0.1) is 27.6 Å². The fraction of sp³-hybridized carbons (Fsp3) is 0.0465. The molecule has 0 radical (unpaired) electrons. The summed E-state index contributed by atoms with van der Waals surface area (Å²) in [5.41, 5.74) is 10.4. The molecule has 0 bridgehead atoms. The van der Waals surface area contributed by atoms with E-state index in [2.05, 4.69) is 148 Å². The highest BCUT2D eigenvalue weighted by Crippen LogP contribution is 2.43. The number of aromatic nitrogens is 3. The van der Waals surface area contributed by atoms with Crippen molar-refractivity contribution in [2.75, 3.05) is 0 Å². The van der Waals surface area contributed by atoms with Crippen molar-refractivity contribution in [2.24, 2.45) is 0 Å². The smallest absolute Gasteiger partial charge is 0.137 e. The monoisotopic (exact) mass is 681 g/mol. The van der Waals surface area contributed by atoms with Crippen LogP contribution in [0.3, 0.4) is 0 Å². The number of fused-ring (bicyclic) bond motifs is 9. The standard InChI is InChI=1S/C43H28BrN3O/c1-25-15-16-28(44)20-41(25)48-29-17-18-31-34-22-35-33-13-8-12-32-30-11-6-7-14-37(30)47(43(32)33)40(35)23-39(34)46(38(31)21-29)42-19-26(2)36(24-45-42)27-9-4-3-5-10-27/h3-24H,1-2H3. The molecule has 0 unspecified atom stereocenters. The van der Waals surface area contributed by atoms with Crippen LogP contribution in [0, 0.1) is 13.8 Å². The third-order valence-electron chi connectivity index (χ3n) is 9.87. The van der Waals surface area contributed by atoms with Crippen LogP contribution in [0.1, 0.15) is 11.1 Å². The molecule has 48 heavy (non-hydrogen) atoms. The predicted octanol–water partition coefficient (Wildman–Crippen LogP) is 12.2. The number of hydrogen-bond donors (Lipinski definition) is 0. The highest BCUT2D eigenvalue weighted by Gasteiger charge is 2.21. The minimum absolute atomic E-state index is 0.779. The summed E-state index contributed by atoms with van der Waals surface area (Å²) in [6.07, 6.45) is 2.01. The fourth-order valence-corrected chi connectivity index (χ4v) is 7.96. The lowest BCUT2D eigenvalue weighted by atomic mass is 10.0. The van der Waals surface area contributed by atoms with Crippen LogP contribution in [-0.2, 0) is 0 Å². The molecule has 0 aliphatic heterocycles. The Kier molecular flexibility index (Phi) is 5.82. The lowest BCUT2D eigenvalue weighted by Crippen LogP contribution is -1.99. The zero-order chi connectivity index (χ0) is 32.1. The predicted molar refractivity (Wildman–Crippen MR) is 202 cm³/mol. The first kappa shape index (κ1) is 27.5. The second-order valence-electron chi connectivity index (χ2n) is 12.7. The van der Waals surface area contributed by atoms with E-state index in [4.69, 9.17) is 9.72 Å². The Hall–Kier alpha value is -5.65. The molecule has 0 saturated carbocycles. The minimum Gasteiger partial charge on any atom is -0.457 e. The van der Waals surface area contributed by atoms with Gasteiger partial charge in [0.15, 0.2) is 0 Å². The summed E-state index contributed by atoms with van der Waals surface area (Å²) in [6, 6.07) is 45.4. The molecule has 4 heterocycles. The third-order valence-corrected chi connectivity index (χ3v) is 10.4. The van der Waals surface area contributed by atoms with Crippen molar-refractivity contribution < 1.29 is 4.74 Å². The van der Waals surface area contributed by atoms with E-state index in [0.717, 1.165) is 54.9 Å². The topological polar surface area (TPSA) is 31.5 Å². The van der Waals surface area contributed by atoms with Gasteiger partial charge in [0.1, 0.15) is 17.3 Å². The van der Waals surface area contributed by atoms with Crippen molar-refractivity contribution in [3.8, 4) is 28.4 Å². The van der Waals surface area contributed by atoms with Gasteiger partial charge in [0.2, 0.25) is 0 Å². The molecule has 0 spiro atoms. The van der Waals surface area contributed by atoms with E-state index in [1.54, 1.807) is 0 Å². The molecule has 4 aromatic heterocycles. The summed E-state index contributed by atoms with van der Waals surface area (Å²) in [4.78, 5) is 5.12. The van der Waals surface area contributed by atoms with Gasteiger partial charge in [-0.05, 0) is 79.1 Å². The van der Waals surface area contributed by atoms with Crippen LogP contribution in [0.2, 0.25) is 0 Å². The van der Waals surface area contributed by atoms with Crippen LogP contribution in [0.15, 0.2) is 138 Å². The van der Waals surface area contributed by atoms with Gasteiger partial charge in [0, 0.05) is 54.6 Å². The van der Waals surface area contributed by atoms with Gasteiger partial charge >= 0.3 is 0 Å². The Bertz CT molecular complexity index is 2900. The van der Waals surface area contributed by atoms with Crippen molar-refractivity contribution in [3.05, 3.63) is 149 Å². The van der Waals surface area contributed by atoms with Crippen molar-refractivity contribution >= 4 is 75.8 Å². The Morgan fingerprint density at radius 2 is 1.29 bits per heavy atom. The summed E-state index contributed by atoms with van der Waals surface area (Å²) in [5, 5.41) is 7.43.